The molecule has 0 aliphatic carbocycles. The van der Waals surface area contributed by atoms with Gasteiger partial charge in [-0.3, -0.25) is 4.79 Å². The zero-order valence-corrected chi connectivity index (χ0v) is 9.66. The molecule has 1 atom stereocenters. The summed E-state index contributed by atoms with van der Waals surface area (Å²) in [7, 11) is 0. The van der Waals surface area contributed by atoms with E-state index in [4.69, 9.17) is 16.7 Å². The summed E-state index contributed by atoms with van der Waals surface area (Å²) < 4.78 is 0. The van der Waals surface area contributed by atoms with E-state index in [0.29, 0.717) is 17.4 Å². The van der Waals surface area contributed by atoms with Crippen LogP contribution in [-0.2, 0) is 4.79 Å². The first kappa shape index (κ1) is 12.1. The second-order valence-electron chi connectivity index (χ2n) is 4.07. The number of carboxylic acid groups (broad SMARTS) is 1. The Morgan fingerprint density at radius 1 is 1.33 bits per heavy atom. The minimum absolute atomic E-state index is 0.363. The van der Waals surface area contributed by atoms with Gasteiger partial charge in [-0.25, -0.2) is 0 Å². The fourth-order valence-electron chi connectivity index (χ4n) is 1.55. The minimum Gasteiger partial charge on any atom is -0.481 e. The fraction of sp³-hybridized carbons (Fsp3) is 0.417. The van der Waals surface area contributed by atoms with Gasteiger partial charge in [-0.1, -0.05) is 37.6 Å². The van der Waals surface area contributed by atoms with Crippen LogP contribution in [0.5, 0.6) is 0 Å². The molecular formula is C12H15ClO2. The SMILES string of the molecule is CC(C)CC(C(=O)O)c1ccc(Cl)cc1. The van der Waals surface area contributed by atoms with Crippen molar-refractivity contribution in [3.05, 3.63) is 34.9 Å². The van der Waals surface area contributed by atoms with Gasteiger partial charge < -0.3 is 5.11 Å². The van der Waals surface area contributed by atoms with Crippen molar-refractivity contribution in [2.75, 3.05) is 0 Å². The van der Waals surface area contributed by atoms with Crippen LogP contribution in [0.4, 0.5) is 0 Å². The second-order valence-corrected chi connectivity index (χ2v) is 4.51. The Bertz CT molecular complexity index is 330. The highest BCUT2D eigenvalue weighted by Crippen LogP contribution is 2.25. The molecule has 1 unspecified atom stereocenters. The minimum atomic E-state index is -0.772. The summed E-state index contributed by atoms with van der Waals surface area (Å²) in [6.07, 6.45) is 0.650. The first-order valence-electron chi connectivity index (χ1n) is 4.99. The zero-order valence-electron chi connectivity index (χ0n) is 8.90. The summed E-state index contributed by atoms with van der Waals surface area (Å²) in [6.45, 7) is 4.04. The van der Waals surface area contributed by atoms with E-state index in [1.54, 1.807) is 24.3 Å². The maximum absolute atomic E-state index is 11.1. The summed E-state index contributed by atoms with van der Waals surface area (Å²) >= 11 is 5.75. The van der Waals surface area contributed by atoms with E-state index in [2.05, 4.69) is 0 Å². The van der Waals surface area contributed by atoms with E-state index >= 15 is 0 Å². The van der Waals surface area contributed by atoms with E-state index in [1.165, 1.54) is 0 Å². The molecule has 0 saturated carbocycles. The van der Waals surface area contributed by atoms with Crippen molar-refractivity contribution < 1.29 is 9.90 Å². The first-order valence-corrected chi connectivity index (χ1v) is 5.36. The third-order valence-electron chi connectivity index (χ3n) is 2.28. The van der Waals surface area contributed by atoms with Gasteiger partial charge in [-0.15, -0.1) is 0 Å². The van der Waals surface area contributed by atoms with Gasteiger partial charge in [-0.05, 0) is 30.0 Å². The summed E-state index contributed by atoms with van der Waals surface area (Å²) in [5.74, 6) is -0.838. The van der Waals surface area contributed by atoms with Crippen LogP contribution in [0.3, 0.4) is 0 Å². The van der Waals surface area contributed by atoms with Crippen molar-refractivity contribution in [3.63, 3.8) is 0 Å². The summed E-state index contributed by atoms with van der Waals surface area (Å²) in [6, 6.07) is 7.02. The van der Waals surface area contributed by atoms with Crippen molar-refractivity contribution in [1.82, 2.24) is 0 Å². The molecule has 0 aliphatic rings. The van der Waals surface area contributed by atoms with Crippen LogP contribution >= 0.6 is 11.6 Å². The van der Waals surface area contributed by atoms with Crippen molar-refractivity contribution in [2.24, 2.45) is 5.92 Å². The molecule has 3 heteroatoms. The first-order chi connectivity index (χ1) is 7.00. The van der Waals surface area contributed by atoms with Crippen molar-refractivity contribution >= 4 is 17.6 Å². The molecule has 0 spiro atoms. The number of hydrogen-bond donors (Lipinski definition) is 1. The molecule has 82 valence electrons. The van der Waals surface area contributed by atoms with E-state index in [1.807, 2.05) is 13.8 Å². The Morgan fingerprint density at radius 3 is 2.27 bits per heavy atom. The number of carbonyl (C=O) groups is 1. The molecule has 1 N–H and O–H groups in total. The molecule has 0 aliphatic heterocycles. The molecule has 0 aromatic heterocycles. The Hall–Kier alpha value is -1.02. The predicted octanol–water partition coefficient (Wildman–Crippen LogP) is 3.55. The average Bonchev–Trinajstić information content (AvgIpc) is 2.15. The van der Waals surface area contributed by atoms with Crippen LogP contribution in [0.1, 0.15) is 31.7 Å². The lowest BCUT2D eigenvalue weighted by Gasteiger charge is -2.14. The van der Waals surface area contributed by atoms with Gasteiger partial charge in [0.1, 0.15) is 0 Å². The zero-order chi connectivity index (χ0) is 11.4. The number of benzene rings is 1. The maximum Gasteiger partial charge on any atom is 0.310 e. The van der Waals surface area contributed by atoms with E-state index < -0.39 is 11.9 Å². The summed E-state index contributed by atoms with van der Waals surface area (Å²) in [5.41, 5.74) is 0.820. The molecule has 1 rings (SSSR count). The molecule has 15 heavy (non-hydrogen) atoms. The molecule has 2 nitrogen and oxygen atoms in total. The van der Waals surface area contributed by atoms with Crippen molar-refractivity contribution in [3.8, 4) is 0 Å². The highest BCUT2D eigenvalue weighted by molar-refractivity contribution is 6.30. The predicted molar refractivity (Wildman–Crippen MR) is 61.3 cm³/mol. The lowest BCUT2D eigenvalue weighted by Crippen LogP contribution is -2.13. The topological polar surface area (TPSA) is 37.3 Å². The van der Waals surface area contributed by atoms with Crippen LogP contribution in [0, 0.1) is 5.92 Å². The average molecular weight is 227 g/mol. The Kier molecular flexibility index (Phi) is 4.15. The number of rotatable bonds is 4. The maximum atomic E-state index is 11.1. The van der Waals surface area contributed by atoms with E-state index in [9.17, 15) is 4.79 Å². The molecule has 0 amide bonds. The van der Waals surface area contributed by atoms with Gasteiger partial charge in [0, 0.05) is 5.02 Å². The second kappa shape index (κ2) is 5.17. The van der Waals surface area contributed by atoms with Gasteiger partial charge in [0.15, 0.2) is 0 Å². The molecule has 0 fully saturated rings. The molecule has 0 heterocycles. The Balaban J connectivity index is 2.89. The summed E-state index contributed by atoms with van der Waals surface area (Å²) in [4.78, 5) is 11.1. The summed E-state index contributed by atoms with van der Waals surface area (Å²) in [5, 5.41) is 9.74. The van der Waals surface area contributed by atoms with Crippen molar-refractivity contribution in [2.45, 2.75) is 26.2 Å². The van der Waals surface area contributed by atoms with Crippen LogP contribution in [0.2, 0.25) is 5.02 Å². The highest BCUT2D eigenvalue weighted by atomic mass is 35.5. The number of carboxylic acids is 1. The third-order valence-corrected chi connectivity index (χ3v) is 2.53. The van der Waals surface area contributed by atoms with Crippen LogP contribution in [0.15, 0.2) is 24.3 Å². The quantitative estimate of drug-likeness (QED) is 0.853. The van der Waals surface area contributed by atoms with Crippen LogP contribution < -0.4 is 0 Å². The lowest BCUT2D eigenvalue weighted by molar-refractivity contribution is -0.139. The largest absolute Gasteiger partial charge is 0.481 e. The Labute approximate surface area is 94.9 Å². The number of halogens is 1. The van der Waals surface area contributed by atoms with E-state index in [-0.39, 0.29) is 0 Å². The molecule has 0 saturated heterocycles. The van der Waals surface area contributed by atoms with Gasteiger partial charge in [0.2, 0.25) is 0 Å². The van der Waals surface area contributed by atoms with Crippen molar-refractivity contribution in [1.29, 1.82) is 0 Å². The van der Waals surface area contributed by atoms with Gasteiger partial charge in [0.05, 0.1) is 5.92 Å². The number of hydrogen-bond acceptors (Lipinski definition) is 1. The standard InChI is InChI=1S/C12H15ClO2/c1-8(2)7-11(12(14)15)9-3-5-10(13)6-4-9/h3-6,8,11H,7H2,1-2H3,(H,14,15). The number of aliphatic carboxylic acids is 1. The Morgan fingerprint density at radius 2 is 1.87 bits per heavy atom. The third kappa shape index (κ3) is 3.56. The molecular weight excluding hydrogens is 212 g/mol. The molecule has 0 radical (unpaired) electrons. The van der Waals surface area contributed by atoms with Crippen LogP contribution in [0.25, 0.3) is 0 Å². The fourth-order valence-corrected chi connectivity index (χ4v) is 1.67. The highest BCUT2D eigenvalue weighted by Gasteiger charge is 2.20. The molecule has 0 bridgehead atoms. The lowest BCUT2D eigenvalue weighted by atomic mass is 9.90. The molecule has 1 aromatic carbocycles. The normalized spacial score (nSPS) is 12.8. The molecule has 1 aromatic rings. The van der Waals surface area contributed by atoms with Crippen LogP contribution in [-0.4, -0.2) is 11.1 Å². The van der Waals surface area contributed by atoms with Gasteiger partial charge in [0.25, 0.3) is 0 Å². The monoisotopic (exact) mass is 226 g/mol. The van der Waals surface area contributed by atoms with Gasteiger partial charge in [-0.2, -0.15) is 0 Å². The van der Waals surface area contributed by atoms with Gasteiger partial charge >= 0.3 is 5.97 Å². The van der Waals surface area contributed by atoms with E-state index in [0.717, 1.165) is 5.56 Å². The smallest absolute Gasteiger partial charge is 0.310 e.